The SMILES string of the molecule is CCNC(c1c(OC)cccc1OC)C1C(C)(C)C1(C)C. The van der Waals surface area contributed by atoms with Crippen LogP contribution in [0.2, 0.25) is 0 Å². The van der Waals surface area contributed by atoms with Crippen molar-refractivity contribution in [2.24, 2.45) is 16.7 Å². The maximum atomic E-state index is 5.61. The molecule has 0 spiro atoms. The Labute approximate surface area is 129 Å². The van der Waals surface area contributed by atoms with E-state index in [1.165, 1.54) is 0 Å². The van der Waals surface area contributed by atoms with Gasteiger partial charge in [0, 0.05) is 6.04 Å². The van der Waals surface area contributed by atoms with E-state index in [1.54, 1.807) is 14.2 Å². The fourth-order valence-corrected chi connectivity index (χ4v) is 3.87. The van der Waals surface area contributed by atoms with E-state index in [2.05, 4.69) is 39.9 Å². The molecule has 118 valence electrons. The number of benzene rings is 1. The average Bonchev–Trinajstić information content (AvgIpc) is 2.85. The first-order valence-electron chi connectivity index (χ1n) is 7.77. The third-order valence-electron chi connectivity index (χ3n) is 5.67. The zero-order chi connectivity index (χ0) is 15.8. The molecule has 1 saturated carbocycles. The largest absolute Gasteiger partial charge is 0.496 e. The van der Waals surface area contributed by atoms with Crippen LogP contribution >= 0.6 is 0 Å². The summed E-state index contributed by atoms with van der Waals surface area (Å²) in [6, 6.07) is 6.26. The molecular formula is C18H29NO2. The number of hydrogen-bond acceptors (Lipinski definition) is 3. The van der Waals surface area contributed by atoms with E-state index in [0.29, 0.717) is 16.7 Å². The van der Waals surface area contributed by atoms with Gasteiger partial charge in [-0.25, -0.2) is 0 Å². The van der Waals surface area contributed by atoms with Gasteiger partial charge in [-0.3, -0.25) is 0 Å². The van der Waals surface area contributed by atoms with Crippen LogP contribution in [0.15, 0.2) is 18.2 Å². The second-order valence-electron chi connectivity index (χ2n) is 7.03. The molecule has 2 rings (SSSR count). The van der Waals surface area contributed by atoms with E-state index < -0.39 is 0 Å². The molecule has 1 aromatic rings. The lowest BCUT2D eigenvalue weighted by molar-refractivity contribution is 0.347. The zero-order valence-corrected chi connectivity index (χ0v) is 14.4. The van der Waals surface area contributed by atoms with E-state index in [9.17, 15) is 0 Å². The molecule has 1 unspecified atom stereocenters. The Hall–Kier alpha value is -1.22. The number of rotatable bonds is 6. The number of hydrogen-bond donors (Lipinski definition) is 1. The summed E-state index contributed by atoms with van der Waals surface area (Å²) in [6.07, 6.45) is 0. The van der Waals surface area contributed by atoms with Crippen LogP contribution in [0.25, 0.3) is 0 Å². The van der Waals surface area contributed by atoms with Crippen LogP contribution in [-0.2, 0) is 0 Å². The lowest BCUT2D eigenvalue weighted by atomic mass is 9.94. The first-order chi connectivity index (χ1) is 9.82. The zero-order valence-electron chi connectivity index (χ0n) is 14.4. The van der Waals surface area contributed by atoms with Gasteiger partial charge in [-0.2, -0.15) is 0 Å². The van der Waals surface area contributed by atoms with Crippen LogP contribution in [0.5, 0.6) is 11.5 Å². The minimum atomic E-state index is 0.242. The van der Waals surface area contributed by atoms with Crippen molar-refractivity contribution in [3.05, 3.63) is 23.8 Å². The number of nitrogens with one attached hydrogen (secondary N) is 1. The molecule has 1 fully saturated rings. The maximum absolute atomic E-state index is 5.61. The molecule has 0 aliphatic heterocycles. The first kappa shape index (κ1) is 16.2. The van der Waals surface area contributed by atoms with Gasteiger partial charge in [0.15, 0.2) is 0 Å². The molecule has 0 amide bonds. The van der Waals surface area contributed by atoms with Crippen LogP contribution in [0.3, 0.4) is 0 Å². The van der Waals surface area contributed by atoms with Gasteiger partial charge in [-0.1, -0.05) is 40.7 Å². The Balaban J connectivity index is 2.50. The Kier molecular flexibility index (Phi) is 4.25. The van der Waals surface area contributed by atoms with Gasteiger partial charge in [0.1, 0.15) is 11.5 Å². The third-order valence-corrected chi connectivity index (χ3v) is 5.67. The molecule has 21 heavy (non-hydrogen) atoms. The minimum Gasteiger partial charge on any atom is -0.496 e. The highest BCUT2D eigenvalue weighted by Gasteiger charge is 2.67. The Morgan fingerprint density at radius 3 is 1.86 bits per heavy atom. The van der Waals surface area contributed by atoms with Gasteiger partial charge in [-0.05, 0) is 35.4 Å². The fourth-order valence-electron chi connectivity index (χ4n) is 3.87. The summed E-state index contributed by atoms with van der Waals surface area (Å²) in [5.74, 6) is 2.35. The molecule has 0 bridgehead atoms. The number of ether oxygens (including phenoxy) is 2. The monoisotopic (exact) mass is 291 g/mol. The molecule has 1 aliphatic carbocycles. The predicted molar refractivity (Wildman–Crippen MR) is 87.0 cm³/mol. The van der Waals surface area contributed by atoms with Crippen LogP contribution in [0.1, 0.15) is 46.2 Å². The quantitative estimate of drug-likeness (QED) is 0.858. The van der Waals surface area contributed by atoms with E-state index in [1.807, 2.05) is 18.2 Å². The van der Waals surface area contributed by atoms with Gasteiger partial charge in [-0.15, -0.1) is 0 Å². The summed E-state index contributed by atoms with van der Waals surface area (Å²) in [4.78, 5) is 0. The smallest absolute Gasteiger partial charge is 0.127 e. The first-order valence-corrected chi connectivity index (χ1v) is 7.77. The van der Waals surface area contributed by atoms with Crippen molar-refractivity contribution in [3.8, 4) is 11.5 Å². The normalized spacial score (nSPS) is 20.9. The highest BCUT2D eigenvalue weighted by Crippen LogP contribution is 2.73. The van der Waals surface area contributed by atoms with Crippen LogP contribution in [0, 0.1) is 16.7 Å². The van der Waals surface area contributed by atoms with E-state index in [-0.39, 0.29) is 6.04 Å². The summed E-state index contributed by atoms with van der Waals surface area (Å²) >= 11 is 0. The van der Waals surface area contributed by atoms with Crippen molar-refractivity contribution >= 4 is 0 Å². The summed E-state index contributed by atoms with van der Waals surface area (Å²) in [5.41, 5.74) is 1.74. The predicted octanol–water partition coefficient (Wildman–Crippen LogP) is 4.04. The van der Waals surface area contributed by atoms with Crippen molar-refractivity contribution in [1.82, 2.24) is 5.32 Å². The summed E-state index contributed by atoms with van der Waals surface area (Å²) in [7, 11) is 3.45. The second kappa shape index (κ2) is 5.53. The summed E-state index contributed by atoms with van der Waals surface area (Å²) < 4.78 is 11.2. The van der Waals surface area contributed by atoms with Crippen LogP contribution in [0.4, 0.5) is 0 Å². The molecule has 0 saturated heterocycles. The van der Waals surface area contributed by atoms with Crippen molar-refractivity contribution in [2.75, 3.05) is 20.8 Å². The van der Waals surface area contributed by atoms with Crippen LogP contribution in [-0.4, -0.2) is 20.8 Å². The van der Waals surface area contributed by atoms with E-state index >= 15 is 0 Å². The molecule has 0 radical (unpaired) electrons. The molecule has 0 aromatic heterocycles. The molecule has 0 heterocycles. The highest BCUT2D eigenvalue weighted by atomic mass is 16.5. The third kappa shape index (κ3) is 2.42. The van der Waals surface area contributed by atoms with Crippen molar-refractivity contribution in [3.63, 3.8) is 0 Å². The van der Waals surface area contributed by atoms with Gasteiger partial charge in [0.25, 0.3) is 0 Å². The summed E-state index contributed by atoms with van der Waals surface area (Å²) in [6.45, 7) is 12.5. The molecule has 1 atom stereocenters. The second-order valence-corrected chi connectivity index (χ2v) is 7.03. The van der Waals surface area contributed by atoms with Gasteiger partial charge in [0.05, 0.1) is 19.8 Å². The molecule has 1 aliphatic rings. The molecule has 1 N–H and O–H groups in total. The lowest BCUT2D eigenvalue weighted by Crippen LogP contribution is -2.26. The summed E-state index contributed by atoms with van der Waals surface area (Å²) in [5, 5.41) is 3.66. The standard InChI is InChI=1S/C18H29NO2/c1-8-19-15(16-17(2,3)18(16,4)5)14-12(20-6)10-9-11-13(14)21-7/h9-11,15-16,19H,8H2,1-7H3. The van der Waals surface area contributed by atoms with Gasteiger partial charge in [0.2, 0.25) is 0 Å². The van der Waals surface area contributed by atoms with Crippen molar-refractivity contribution in [1.29, 1.82) is 0 Å². The van der Waals surface area contributed by atoms with Crippen molar-refractivity contribution < 1.29 is 9.47 Å². The lowest BCUT2D eigenvalue weighted by Gasteiger charge is -2.25. The Morgan fingerprint density at radius 2 is 1.52 bits per heavy atom. The van der Waals surface area contributed by atoms with Gasteiger partial charge >= 0.3 is 0 Å². The highest BCUT2D eigenvalue weighted by molar-refractivity contribution is 5.48. The number of methoxy groups -OCH3 is 2. The van der Waals surface area contributed by atoms with E-state index in [0.717, 1.165) is 23.6 Å². The molecule has 3 heteroatoms. The Bertz CT molecular complexity index is 472. The topological polar surface area (TPSA) is 30.5 Å². The van der Waals surface area contributed by atoms with Crippen molar-refractivity contribution in [2.45, 2.75) is 40.7 Å². The maximum Gasteiger partial charge on any atom is 0.127 e. The molecule has 1 aromatic carbocycles. The van der Waals surface area contributed by atoms with Gasteiger partial charge < -0.3 is 14.8 Å². The minimum absolute atomic E-state index is 0.242. The average molecular weight is 291 g/mol. The van der Waals surface area contributed by atoms with E-state index in [4.69, 9.17) is 9.47 Å². The Morgan fingerprint density at radius 1 is 1.05 bits per heavy atom. The fraction of sp³-hybridized carbons (Fsp3) is 0.667. The van der Waals surface area contributed by atoms with Crippen LogP contribution < -0.4 is 14.8 Å². The molecule has 3 nitrogen and oxygen atoms in total. The molecular weight excluding hydrogens is 262 g/mol.